The fourth-order valence-electron chi connectivity index (χ4n) is 5.12. The van der Waals surface area contributed by atoms with Crippen LogP contribution in [0, 0.1) is 30.1 Å². The number of fused-ring (bicyclic) bond motifs is 1. The molecule has 11 heteroatoms. The number of halogens is 6. The molecule has 3 aromatic rings. The Bertz CT molecular complexity index is 1290. The minimum atomic E-state index is -5.06. The van der Waals surface area contributed by atoms with Crippen molar-refractivity contribution in [2.75, 3.05) is 0 Å². The van der Waals surface area contributed by atoms with E-state index in [9.17, 15) is 31.6 Å². The third kappa shape index (κ3) is 3.89. The van der Waals surface area contributed by atoms with Crippen LogP contribution in [0.25, 0.3) is 5.69 Å². The number of alkyl halides is 6. The standard InChI is InChI=1S/C25H22F6N4O/c1-13(2)23(15-9-16(24(26,27)28)11-17(10-15)25(29,30)31)19(12-32)21(33)36-22-20(23)14(3)34-35(22)18-7-5-4-6-8-18/h4-11,13,19,21H,33H2,1-3H3. The molecule has 0 aliphatic carbocycles. The molecular formula is C25H22F6N4O. The number of ether oxygens (including phenoxy) is 1. The summed E-state index contributed by atoms with van der Waals surface area (Å²) in [6.45, 7) is 4.82. The molecule has 190 valence electrons. The van der Waals surface area contributed by atoms with Gasteiger partial charge in [-0.2, -0.15) is 36.7 Å². The molecule has 4 rings (SSSR count). The van der Waals surface area contributed by atoms with Gasteiger partial charge in [-0.3, -0.25) is 5.73 Å². The van der Waals surface area contributed by atoms with Crippen molar-refractivity contribution in [2.24, 2.45) is 17.6 Å². The molecule has 0 saturated heterocycles. The largest absolute Gasteiger partial charge is 0.457 e. The lowest BCUT2D eigenvalue weighted by Crippen LogP contribution is -2.55. The summed E-state index contributed by atoms with van der Waals surface area (Å²) in [4.78, 5) is 0. The molecule has 1 aromatic heterocycles. The van der Waals surface area contributed by atoms with Crippen molar-refractivity contribution >= 4 is 0 Å². The Balaban J connectivity index is 2.15. The fraction of sp³-hybridized carbons (Fsp3) is 0.360. The van der Waals surface area contributed by atoms with E-state index in [0.717, 1.165) is 0 Å². The maximum absolute atomic E-state index is 13.8. The SMILES string of the molecule is Cc1nn(-c2ccccc2)c2c1C(c1cc(C(F)(F)F)cc(C(F)(F)F)c1)(C(C)C)C(C#N)C(N)O2. The molecule has 0 amide bonds. The summed E-state index contributed by atoms with van der Waals surface area (Å²) < 4.78 is 90.0. The van der Waals surface area contributed by atoms with Crippen LogP contribution in [0.15, 0.2) is 48.5 Å². The smallest absolute Gasteiger partial charge is 0.416 e. The van der Waals surface area contributed by atoms with E-state index in [1.165, 1.54) is 4.68 Å². The van der Waals surface area contributed by atoms with Crippen LogP contribution in [0.4, 0.5) is 26.3 Å². The lowest BCUT2D eigenvalue weighted by Gasteiger charge is -2.47. The normalized spacial score (nSPS) is 22.2. The van der Waals surface area contributed by atoms with Gasteiger partial charge in [0.05, 0.1) is 34.0 Å². The van der Waals surface area contributed by atoms with Gasteiger partial charge in [0, 0.05) is 5.56 Å². The molecule has 3 atom stereocenters. The summed E-state index contributed by atoms with van der Waals surface area (Å²) >= 11 is 0. The van der Waals surface area contributed by atoms with Gasteiger partial charge in [-0.05, 0) is 48.7 Å². The van der Waals surface area contributed by atoms with Gasteiger partial charge >= 0.3 is 12.4 Å². The van der Waals surface area contributed by atoms with Gasteiger partial charge in [0.1, 0.15) is 5.92 Å². The first-order chi connectivity index (χ1) is 16.7. The van der Waals surface area contributed by atoms with Crippen LogP contribution >= 0.6 is 0 Å². The number of nitrogens with two attached hydrogens (primary N) is 1. The van der Waals surface area contributed by atoms with Crippen molar-refractivity contribution in [3.05, 3.63) is 76.5 Å². The van der Waals surface area contributed by atoms with Crippen molar-refractivity contribution in [1.82, 2.24) is 9.78 Å². The van der Waals surface area contributed by atoms with Gasteiger partial charge < -0.3 is 4.74 Å². The first-order valence-corrected chi connectivity index (χ1v) is 11.0. The highest BCUT2D eigenvalue weighted by atomic mass is 19.4. The van der Waals surface area contributed by atoms with Gasteiger partial charge in [0.25, 0.3) is 0 Å². The first kappa shape index (κ1) is 25.6. The van der Waals surface area contributed by atoms with Crippen LogP contribution in [0.2, 0.25) is 0 Å². The third-order valence-corrected chi connectivity index (χ3v) is 6.61. The van der Waals surface area contributed by atoms with Crippen molar-refractivity contribution in [3.8, 4) is 17.6 Å². The first-order valence-electron chi connectivity index (χ1n) is 11.0. The van der Waals surface area contributed by atoms with E-state index >= 15 is 0 Å². The average molecular weight is 508 g/mol. The second-order valence-electron chi connectivity index (χ2n) is 9.02. The van der Waals surface area contributed by atoms with Crippen LogP contribution in [0.3, 0.4) is 0 Å². The topological polar surface area (TPSA) is 76.9 Å². The molecular weight excluding hydrogens is 486 g/mol. The maximum Gasteiger partial charge on any atom is 0.416 e. The minimum Gasteiger partial charge on any atom is -0.457 e. The molecule has 36 heavy (non-hydrogen) atoms. The molecule has 2 aromatic carbocycles. The van der Waals surface area contributed by atoms with Crippen LogP contribution in [0.1, 0.15) is 41.8 Å². The highest BCUT2D eigenvalue weighted by Gasteiger charge is 2.56. The zero-order valence-electron chi connectivity index (χ0n) is 19.4. The van der Waals surface area contributed by atoms with Gasteiger partial charge in [-0.25, -0.2) is 4.68 Å². The average Bonchev–Trinajstić information content (AvgIpc) is 3.13. The van der Waals surface area contributed by atoms with Crippen LogP contribution in [-0.2, 0) is 17.8 Å². The summed E-state index contributed by atoms with van der Waals surface area (Å²) in [6.07, 6.45) is -11.5. The summed E-state index contributed by atoms with van der Waals surface area (Å²) in [7, 11) is 0. The lowest BCUT2D eigenvalue weighted by molar-refractivity contribution is -0.143. The van der Waals surface area contributed by atoms with E-state index < -0.39 is 47.0 Å². The van der Waals surface area contributed by atoms with Crippen molar-refractivity contribution in [2.45, 2.75) is 44.8 Å². The van der Waals surface area contributed by atoms with E-state index in [-0.39, 0.29) is 23.1 Å². The predicted octanol–water partition coefficient (Wildman–Crippen LogP) is 5.98. The van der Waals surface area contributed by atoms with Crippen molar-refractivity contribution < 1.29 is 31.1 Å². The van der Waals surface area contributed by atoms with E-state index in [2.05, 4.69) is 5.10 Å². The molecule has 5 nitrogen and oxygen atoms in total. The Labute approximate surface area is 203 Å². The molecule has 0 saturated carbocycles. The molecule has 0 spiro atoms. The highest BCUT2D eigenvalue weighted by molar-refractivity contribution is 5.56. The van der Waals surface area contributed by atoms with Crippen LogP contribution in [-0.4, -0.2) is 16.0 Å². The number of benzene rings is 2. The predicted molar refractivity (Wildman–Crippen MR) is 118 cm³/mol. The fourth-order valence-corrected chi connectivity index (χ4v) is 5.12. The number of aromatic nitrogens is 2. The number of hydrogen-bond acceptors (Lipinski definition) is 4. The molecule has 1 aliphatic rings. The molecule has 2 heterocycles. The van der Waals surface area contributed by atoms with E-state index in [0.29, 0.717) is 23.5 Å². The minimum absolute atomic E-state index is 0.0670. The molecule has 0 bridgehead atoms. The summed E-state index contributed by atoms with van der Waals surface area (Å²) in [5.74, 6) is -1.92. The molecule has 2 N–H and O–H groups in total. The number of rotatable bonds is 3. The van der Waals surface area contributed by atoms with Gasteiger partial charge in [0.15, 0.2) is 6.23 Å². The van der Waals surface area contributed by atoms with Crippen LogP contribution in [0.5, 0.6) is 5.88 Å². The molecule has 0 fully saturated rings. The molecule has 1 aliphatic heterocycles. The lowest BCUT2D eigenvalue weighted by atomic mass is 9.58. The van der Waals surface area contributed by atoms with Gasteiger partial charge in [0.2, 0.25) is 5.88 Å². The quantitative estimate of drug-likeness (QED) is 0.442. The van der Waals surface area contributed by atoms with Crippen LogP contribution < -0.4 is 10.5 Å². The molecule has 0 radical (unpaired) electrons. The Morgan fingerprint density at radius 3 is 2.06 bits per heavy atom. The highest BCUT2D eigenvalue weighted by Crippen LogP contribution is 2.55. The number of hydrogen-bond donors (Lipinski definition) is 1. The Hall–Kier alpha value is -3.52. The number of nitrogens with zero attached hydrogens (tertiary/aromatic N) is 3. The van der Waals surface area contributed by atoms with E-state index in [1.807, 2.05) is 6.07 Å². The summed E-state index contributed by atoms with van der Waals surface area (Å²) in [6, 6.07) is 12.1. The maximum atomic E-state index is 13.8. The van der Waals surface area contributed by atoms with E-state index in [4.69, 9.17) is 10.5 Å². The Morgan fingerprint density at radius 2 is 1.58 bits per heavy atom. The van der Waals surface area contributed by atoms with Crippen molar-refractivity contribution in [3.63, 3.8) is 0 Å². The van der Waals surface area contributed by atoms with Gasteiger partial charge in [-0.1, -0.05) is 32.0 Å². The number of nitriles is 1. The zero-order valence-corrected chi connectivity index (χ0v) is 19.4. The Morgan fingerprint density at radius 1 is 1.03 bits per heavy atom. The number of aryl methyl sites for hydroxylation is 1. The Kier molecular flexibility index (Phi) is 6.07. The molecule has 3 unspecified atom stereocenters. The third-order valence-electron chi connectivity index (χ3n) is 6.61. The second-order valence-corrected chi connectivity index (χ2v) is 9.02. The summed E-state index contributed by atoms with van der Waals surface area (Å²) in [5.41, 5.74) is 2.32. The van der Waals surface area contributed by atoms with Crippen molar-refractivity contribution in [1.29, 1.82) is 5.26 Å². The van der Waals surface area contributed by atoms with Gasteiger partial charge in [-0.15, -0.1) is 0 Å². The van der Waals surface area contributed by atoms with E-state index in [1.54, 1.807) is 51.1 Å². The second kappa shape index (κ2) is 8.55. The monoisotopic (exact) mass is 508 g/mol. The number of para-hydroxylation sites is 1. The zero-order chi connectivity index (χ0) is 26.6. The summed E-state index contributed by atoms with van der Waals surface area (Å²) in [5, 5.41) is 14.6.